The lowest BCUT2D eigenvalue weighted by Crippen LogP contribution is -2.14. The molecule has 4 rings (SSSR count). The Balaban J connectivity index is 1.84. The molecule has 27 heavy (non-hydrogen) atoms. The molecule has 0 saturated carbocycles. The van der Waals surface area contributed by atoms with E-state index in [1.165, 1.54) is 33.0 Å². The largest absolute Gasteiger partial charge is 0.320 e. The maximum atomic E-state index is 6.81. The molecule has 136 valence electrons. The summed E-state index contributed by atoms with van der Waals surface area (Å²) in [6, 6.07) is 23.3. The van der Waals surface area contributed by atoms with E-state index in [9.17, 15) is 0 Å². The SMILES string of the molecule is CN(C)CC1=CCC(c2ccc3ccccc3c2C(N)c2ccccc2)=C1. The maximum Gasteiger partial charge on any atom is 0.0563 e. The second-order valence-corrected chi connectivity index (χ2v) is 7.53. The third kappa shape index (κ3) is 3.59. The third-order valence-corrected chi connectivity index (χ3v) is 5.23. The van der Waals surface area contributed by atoms with Gasteiger partial charge in [-0.2, -0.15) is 0 Å². The van der Waals surface area contributed by atoms with E-state index in [4.69, 9.17) is 5.73 Å². The van der Waals surface area contributed by atoms with Crippen molar-refractivity contribution in [1.82, 2.24) is 4.90 Å². The summed E-state index contributed by atoms with van der Waals surface area (Å²) in [5.74, 6) is 0. The van der Waals surface area contributed by atoms with Crippen LogP contribution in [0.3, 0.4) is 0 Å². The van der Waals surface area contributed by atoms with E-state index in [1.54, 1.807) is 0 Å². The van der Waals surface area contributed by atoms with Crippen molar-refractivity contribution in [2.75, 3.05) is 20.6 Å². The van der Waals surface area contributed by atoms with Crippen molar-refractivity contribution >= 4 is 16.3 Å². The van der Waals surface area contributed by atoms with Crippen molar-refractivity contribution in [2.24, 2.45) is 5.73 Å². The minimum Gasteiger partial charge on any atom is -0.320 e. The minimum absolute atomic E-state index is 0.147. The molecule has 1 aliphatic carbocycles. The molecule has 0 amide bonds. The zero-order valence-electron chi connectivity index (χ0n) is 16.0. The standard InChI is InChI=1S/C25H26N2/c1-27(2)17-18-12-13-21(16-18)23-15-14-19-8-6-7-11-22(19)24(23)25(26)20-9-4-3-5-10-20/h3-12,14-16,25H,13,17,26H2,1-2H3. The number of benzene rings is 3. The summed E-state index contributed by atoms with van der Waals surface area (Å²) in [6.07, 6.45) is 5.64. The lowest BCUT2D eigenvalue weighted by atomic mass is 9.87. The van der Waals surface area contributed by atoms with Crippen LogP contribution in [0, 0.1) is 0 Å². The summed E-state index contributed by atoms with van der Waals surface area (Å²) in [4.78, 5) is 2.21. The van der Waals surface area contributed by atoms with Crippen molar-refractivity contribution < 1.29 is 0 Å². The van der Waals surface area contributed by atoms with E-state index < -0.39 is 0 Å². The number of rotatable bonds is 5. The predicted molar refractivity (Wildman–Crippen MR) is 116 cm³/mol. The average molecular weight is 354 g/mol. The van der Waals surface area contributed by atoms with Crippen LogP contribution in [0.5, 0.6) is 0 Å². The number of nitrogens with zero attached hydrogens (tertiary/aromatic N) is 1. The van der Waals surface area contributed by atoms with Gasteiger partial charge in [-0.05, 0) is 59.1 Å². The predicted octanol–water partition coefficient (Wildman–Crippen LogP) is 5.16. The molecule has 0 fully saturated rings. The van der Waals surface area contributed by atoms with Crippen molar-refractivity contribution in [3.05, 3.63) is 101 Å². The number of allylic oxidation sites excluding steroid dienone is 2. The Morgan fingerprint density at radius 1 is 0.926 bits per heavy atom. The van der Waals surface area contributed by atoms with Crippen molar-refractivity contribution in [1.29, 1.82) is 0 Å². The van der Waals surface area contributed by atoms with Gasteiger partial charge in [0.1, 0.15) is 0 Å². The summed E-state index contributed by atoms with van der Waals surface area (Å²) in [5.41, 5.74) is 13.2. The Labute approximate surface area is 161 Å². The fourth-order valence-corrected chi connectivity index (χ4v) is 3.98. The van der Waals surface area contributed by atoms with Crippen molar-refractivity contribution in [3.8, 4) is 0 Å². The Morgan fingerprint density at radius 2 is 1.67 bits per heavy atom. The lowest BCUT2D eigenvalue weighted by Gasteiger charge is -2.20. The molecule has 2 heteroatoms. The summed E-state index contributed by atoms with van der Waals surface area (Å²) in [7, 11) is 4.22. The van der Waals surface area contributed by atoms with Gasteiger partial charge in [-0.15, -0.1) is 0 Å². The molecule has 1 atom stereocenters. The molecule has 2 nitrogen and oxygen atoms in total. The van der Waals surface area contributed by atoms with Crippen molar-refractivity contribution in [3.63, 3.8) is 0 Å². The van der Waals surface area contributed by atoms with Crippen LogP contribution in [0.2, 0.25) is 0 Å². The Kier molecular flexibility index (Phi) is 4.93. The van der Waals surface area contributed by atoms with Gasteiger partial charge in [0.2, 0.25) is 0 Å². The second kappa shape index (κ2) is 7.51. The third-order valence-electron chi connectivity index (χ3n) is 5.23. The summed E-state index contributed by atoms with van der Waals surface area (Å²) in [5, 5.41) is 2.48. The fourth-order valence-electron chi connectivity index (χ4n) is 3.98. The Morgan fingerprint density at radius 3 is 2.44 bits per heavy atom. The van der Waals surface area contributed by atoms with Crippen molar-refractivity contribution in [2.45, 2.75) is 12.5 Å². The van der Waals surface area contributed by atoms with Crippen LogP contribution in [-0.4, -0.2) is 25.5 Å². The highest BCUT2D eigenvalue weighted by molar-refractivity contribution is 5.92. The highest BCUT2D eigenvalue weighted by Gasteiger charge is 2.20. The highest BCUT2D eigenvalue weighted by Crippen LogP contribution is 2.37. The number of hydrogen-bond acceptors (Lipinski definition) is 2. The Hall–Kier alpha value is -2.68. The zero-order chi connectivity index (χ0) is 18.8. The first kappa shape index (κ1) is 17.7. The Bertz CT molecular complexity index is 1010. The van der Waals surface area contributed by atoms with E-state index in [1.807, 2.05) is 6.07 Å². The van der Waals surface area contributed by atoms with Crippen LogP contribution < -0.4 is 5.73 Å². The topological polar surface area (TPSA) is 29.3 Å². The van der Waals surface area contributed by atoms with E-state index >= 15 is 0 Å². The number of nitrogens with two attached hydrogens (primary N) is 1. The van der Waals surface area contributed by atoms with Crippen LogP contribution >= 0.6 is 0 Å². The van der Waals surface area contributed by atoms with Gasteiger partial charge in [0.15, 0.2) is 0 Å². The van der Waals surface area contributed by atoms with Crippen LogP contribution in [0.1, 0.15) is 29.2 Å². The molecule has 1 aliphatic rings. The first-order valence-electron chi connectivity index (χ1n) is 9.50. The summed E-state index contributed by atoms with van der Waals surface area (Å²) in [6.45, 7) is 0.969. The second-order valence-electron chi connectivity index (χ2n) is 7.53. The molecule has 1 unspecified atom stereocenters. The smallest absolute Gasteiger partial charge is 0.0563 e. The van der Waals surface area contributed by atoms with E-state index in [2.05, 4.69) is 91.8 Å². The molecule has 3 aromatic rings. The first-order chi connectivity index (χ1) is 13.1. The molecule has 3 aromatic carbocycles. The quantitative estimate of drug-likeness (QED) is 0.685. The summed E-state index contributed by atoms with van der Waals surface area (Å²) >= 11 is 0. The number of likely N-dealkylation sites (N-methyl/N-ethyl adjacent to an activating group) is 1. The number of fused-ring (bicyclic) bond motifs is 1. The van der Waals surface area contributed by atoms with Gasteiger partial charge in [0, 0.05) is 6.54 Å². The molecular weight excluding hydrogens is 328 g/mol. The van der Waals surface area contributed by atoms with Gasteiger partial charge in [0.25, 0.3) is 0 Å². The molecule has 0 spiro atoms. The van der Waals surface area contributed by atoms with Crippen LogP contribution in [0.15, 0.2) is 84.5 Å². The molecule has 0 radical (unpaired) electrons. The normalized spacial score (nSPS) is 15.1. The molecule has 0 heterocycles. The fraction of sp³-hybridized carbons (Fsp3) is 0.200. The molecule has 0 saturated heterocycles. The van der Waals surface area contributed by atoms with E-state index in [-0.39, 0.29) is 6.04 Å². The zero-order valence-corrected chi connectivity index (χ0v) is 16.0. The number of hydrogen-bond donors (Lipinski definition) is 1. The molecular formula is C25H26N2. The molecule has 2 N–H and O–H groups in total. The van der Waals surface area contributed by atoms with Gasteiger partial charge in [-0.3, -0.25) is 0 Å². The van der Waals surface area contributed by atoms with Gasteiger partial charge in [-0.1, -0.05) is 78.9 Å². The lowest BCUT2D eigenvalue weighted by molar-refractivity contribution is 0.449. The van der Waals surface area contributed by atoms with E-state index in [0.717, 1.165) is 18.5 Å². The molecule has 0 aliphatic heterocycles. The minimum atomic E-state index is -0.147. The molecule has 0 bridgehead atoms. The summed E-state index contributed by atoms with van der Waals surface area (Å²) < 4.78 is 0. The monoisotopic (exact) mass is 354 g/mol. The molecule has 0 aromatic heterocycles. The highest BCUT2D eigenvalue weighted by atomic mass is 15.0. The maximum absolute atomic E-state index is 6.81. The van der Waals surface area contributed by atoms with Gasteiger partial charge in [0.05, 0.1) is 6.04 Å². The van der Waals surface area contributed by atoms with Crippen LogP contribution in [0.4, 0.5) is 0 Å². The van der Waals surface area contributed by atoms with Gasteiger partial charge in [-0.25, -0.2) is 0 Å². The van der Waals surface area contributed by atoms with Gasteiger partial charge >= 0.3 is 0 Å². The van der Waals surface area contributed by atoms with Crippen LogP contribution in [-0.2, 0) is 0 Å². The van der Waals surface area contributed by atoms with Crippen LogP contribution in [0.25, 0.3) is 16.3 Å². The first-order valence-corrected chi connectivity index (χ1v) is 9.50. The average Bonchev–Trinajstić information content (AvgIpc) is 3.14. The van der Waals surface area contributed by atoms with E-state index in [0.29, 0.717) is 0 Å². The van der Waals surface area contributed by atoms with Gasteiger partial charge < -0.3 is 10.6 Å².